The van der Waals surface area contributed by atoms with E-state index in [-0.39, 0.29) is 29.2 Å². The van der Waals surface area contributed by atoms with Gasteiger partial charge in [0, 0.05) is 38.6 Å². The summed E-state index contributed by atoms with van der Waals surface area (Å²) >= 11 is 0. The fourth-order valence-corrected chi connectivity index (χ4v) is 9.63. The monoisotopic (exact) mass is 730 g/mol. The largest absolute Gasteiger partial charge is 0.483 e. The Hall–Kier alpha value is -4.64. The third kappa shape index (κ3) is 6.51. The van der Waals surface area contributed by atoms with Crippen molar-refractivity contribution in [2.75, 3.05) is 19.6 Å². The van der Waals surface area contributed by atoms with E-state index in [0.717, 1.165) is 36.2 Å². The topological polar surface area (TPSA) is 85.4 Å². The van der Waals surface area contributed by atoms with Crippen molar-refractivity contribution < 1.29 is 41.8 Å². The molecule has 0 N–H and O–H groups in total. The summed E-state index contributed by atoms with van der Waals surface area (Å²) in [6.45, 7) is 8.59. The Bertz CT molecular complexity index is 1930. The number of ether oxygens (including phenoxy) is 3. The number of amides is 1. The van der Waals surface area contributed by atoms with E-state index in [2.05, 4.69) is 17.0 Å². The van der Waals surface area contributed by atoms with Crippen molar-refractivity contribution in [1.29, 1.82) is 0 Å². The zero-order chi connectivity index (χ0) is 37.7. The van der Waals surface area contributed by atoms with E-state index in [9.17, 15) is 27.6 Å². The maximum atomic E-state index is 14.3. The van der Waals surface area contributed by atoms with E-state index in [4.69, 9.17) is 14.2 Å². The second-order valence-corrected chi connectivity index (χ2v) is 15.2. The molecule has 1 spiro atoms. The maximum Gasteiger partial charge on any atom is 0.416 e. The number of hydrogen-bond acceptors (Lipinski definition) is 7. The molecule has 0 aromatic heterocycles. The van der Waals surface area contributed by atoms with Crippen LogP contribution in [0.4, 0.5) is 13.2 Å². The summed E-state index contributed by atoms with van der Waals surface area (Å²) in [7, 11) is 0. The molecule has 4 aliphatic rings. The minimum atomic E-state index is -4.51. The third-order valence-corrected chi connectivity index (χ3v) is 11.5. The summed E-state index contributed by atoms with van der Waals surface area (Å²) in [6.07, 6.45) is 0.466. The van der Waals surface area contributed by atoms with Gasteiger partial charge in [-0.05, 0) is 85.5 Å². The molecule has 0 unspecified atom stereocenters. The molecule has 2 fully saturated rings. The minimum Gasteiger partial charge on any atom is -0.483 e. The number of carbonyl (C=O) groups is 3. The molecule has 8 nitrogen and oxygen atoms in total. The van der Waals surface area contributed by atoms with Crippen LogP contribution in [0.15, 0.2) is 72.8 Å². The Labute approximate surface area is 307 Å². The number of halogens is 3. The fourth-order valence-electron chi connectivity index (χ4n) is 9.63. The molecule has 3 aromatic rings. The van der Waals surface area contributed by atoms with E-state index in [0.29, 0.717) is 44.5 Å². The molecule has 7 rings (SSSR count). The molecular formula is C42H45F3N2O6. The lowest BCUT2D eigenvalue weighted by Gasteiger charge is -2.65. The van der Waals surface area contributed by atoms with Gasteiger partial charge in [0.05, 0.1) is 23.1 Å². The van der Waals surface area contributed by atoms with Crippen LogP contribution in [0.25, 0.3) is 6.08 Å². The van der Waals surface area contributed by atoms with Crippen LogP contribution in [0, 0.1) is 5.92 Å². The van der Waals surface area contributed by atoms with Gasteiger partial charge in [-0.15, -0.1) is 0 Å². The Balaban J connectivity index is 1.31. The van der Waals surface area contributed by atoms with Gasteiger partial charge in [0.15, 0.2) is 11.5 Å². The predicted octanol–water partition coefficient (Wildman–Crippen LogP) is 7.16. The number of benzene rings is 3. The van der Waals surface area contributed by atoms with E-state index in [1.54, 1.807) is 11.0 Å². The second kappa shape index (κ2) is 14.0. The highest BCUT2D eigenvalue weighted by Crippen LogP contribution is 2.67. The van der Waals surface area contributed by atoms with Gasteiger partial charge < -0.3 is 19.1 Å². The van der Waals surface area contributed by atoms with Crippen molar-refractivity contribution >= 4 is 23.9 Å². The van der Waals surface area contributed by atoms with Crippen molar-refractivity contribution in [3.05, 3.63) is 101 Å². The lowest BCUT2D eigenvalue weighted by atomic mass is 9.48. The van der Waals surface area contributed by atoms with Gasteiger partial charge in [0.1, 0.15) is 11.7 Å². The summed E-state index contributed by atoms with van der Waals surface area (Å²) in [5.41, 5.74) is 0.720. The van der Waals surface area contributed by atoms with Gasteiger partial charge >= 0.3 is 18.1 Å². The number of carbonyl (C=O) groups excluding carboxylic acids is 3. The van der Waals surface area contributed by atoms with Crippen molar-refractivity contribution in [2.45, 2.75) is 95.2 Å². The second-order valence-electron chi connectivity index (χ2n) is 15.2. The van der Waals surface area contributed by atoms with Crippen LogP contribution in [0.1, 0.15) is 74.8 Å². The first-order chi connectivity index (χ1) is 25.2. The minimum absolute atomic E-state index is 0.0495. The summed E-state index contributed by atoms with van der Waals surface area (Å²) in [4.78, 5) is 44.0. The van der Waals surface area contributed by atoms with Crippen LogP contribution in [0.5, 0.6) is 11.5 Å². The van der Waals surface area contributed by atoms with Crippen LogP contribution in [-0.2, 0) is 43.6 Å². The molecule has 2 heterocycles. The Morgan fingerprint density at radius 2 is 1.79 bits per heavy atom. The molecule has 5 atom stereocenters. The average molecular weight is 731 g/mol. The van der Waals surface area contributed by atoms with Crippen molar-refractivity contribution in [3.63, 3.8) is 0 Å². The van der Waals surface area contributed by atoms with Crippen molar-refractivity contribution in [3.8, 4) is 11.5 Å². The average Bonchev–Trinajstić information content (AvgIpc) is 3.46. The number of piperidine rings is 1. The Kier molecular flexibility index (Phi) is 9.68. The number of rotatable bonds is 10. The van der Waals surface area contributed by atoms with Gasteiger partial charge in [-0.3, -0.25) is 19.3 Å². The van der Waals surface area contributed by atoms with E-state index >= 15 is 0 Å². The van der Waals surface area contributed by atoms with Crippen LogP contribution < -0.4 is 9.47 Å². The smallest absolute Gasteiger partial charge is 0.416 e. The molecule has 1 saturated heterocycles. The number of nitrogens with zero attached hydrogens (tertiary/aromatic N) is 2. The standard InChI is InChI=1S/C42H45F3N2O6/c1-26(2)25-47(36(50)16-13-30-11-8-12-32(23-30)42(43,44)45)33-17-19-41(53-28(4)49)35-24-31-14-15-34(51-27(3)48)38-37(31)40(41,39(33)52-38)20-22-46(35)21-18-29-9-6-5-7-10-29/h5-16,23,26,33,35,39H,17-22,24-25H2,1-4H3/t33-,35+,39-,40-,41+/m0/s1. The zero-order valence-electron chi connectivity index (χ0n) is 30.4. The SMILES string of the molecule is CC(=O)Oc1ccc2c3c1O[C@H]1[C@@H](N(CC(C)C)C(=O)C=Cc4cccc(C(F)(F)F)c4)CC[C@@]4(OC(C)=O)[C@@H](C2)N(CCc2ccccc2)CC[C@]314. The first-order valence-corrected chi connectivity index (χ1v) is 18.4. The molecule has 3 aromatic carbocycles. The first-order valence-electron chi connectivity index (χ1n) is 18.4. The van der Waals surface area contributed by atoms with Crippen LogP contribution in [0.3, 0.4) is 0 Å². The van der Waals surface area contributed by atoms with Crippen LogP contribution in [-0.4, -0.2) is 71.1 Å². The van der Waals surface area contributed by atoms with Gasteiger partial charge in [-0.25, -0.2) is 0 Å². The molecular weight excluding hydrogens is 685 g/mol. The number of likely N-dealkylation sites (tertiary alicyclic amines) is 1. The summed E-state index contributed by atoms with van der Waals surface area (Å²) in [5.74, 6) is -0.478. The van der Waals surface area contributed by atoms with Crippen LogP contribution >= 0.6 is 0 Å². The highest BCUT2D eigenvalue weighted by molar-refractivity contribution is 5.92. The maximum absolute atomic E-state index is 14.3. The molecule has 1 amide bonds. The van der Waals surface area contributed by atoms with E-state index in [1.165, 1.54) is 43.7 Å². The fraction of sp³-hybridized carbons (Fsp3) is 0.452. The predicted molar refractivity (Wildman–Crippen MR) is 192 cm³/mol. The molecule has 11 heteroatoms. The highest BCUT2D eigenvalue weighted by atomic mass is 19.4. The van der Waals surface area contributed by atoms with Gasteiger partial charge in [-0.2, -0.15) is 13.2 Å². The molecule has 1 saturated carbocycles. The molecule has 2 bridgehead atoms. The quantitative estimate of drug-likeness (QED) is 0.124. The van der Waals surface area contributed by atoms with Gasteiger partial charge in [0.2, 0.25) is 5.91 Å². The Morgan fingerprint density at radius 3 is 2.49 bits per heavy atom. The Morgan fingerprint density at radius 1 is 1.02 bits per heavy atom. The van der Waals surface area contributed by atoms with Crippen molar-refractivity contribution in [2.24, 2.45) is 5.92 Å². The third-order valence-electron chi connectivity index (χ3n) is 11.5. The van der Waals surface area contributed by atoms with E-state index < -0.39 is 46.8 Å². The molecule has 0 radical (unpaired) electrons. The molecule has 2 aliphatic heterocycles. The van der Waals surface area contributed by atoms with Gasteiger partial charge in [0.25, 0.3) is 0 Å². The summed E-state index contributed by atoms with van der Waals surface area (Å²) in [6, 6.07) is 18.2. The molecule has 280 valence electrons. The number of hydrogen-bond donors (Lipinski definition) is 0. The zero-order valence-corrected chi connectivity index (χ0v) is 30.4. The number of esters is 2. The molecule has 53 heavy (non-hydrogen) atoms. The normalized spacial score (nSPS) is 25.8. The lowest BCUT2D eigenvalue weighted by molar-refractivity contribution is -0.224. The number of alkyl halides is 3. The first kappa shape index (κ1) is 36.7. The lowest BCUT2D eigenvalue weighted by Crippen LogP contribution is -2.79. The van der Waals surface area contributed by atoms with Crippen LogP contribution in [0.2, 0.25) is 0 Å². The summed E-state index contributed by atoms with van der Waals surface area (Å²) in [5, 5.41) is 0. The van der Waals surface area contributed by atoms with Gasteiger partial charge in [-0.1, -0.05) is 62.4 Å². The van der Waals surface area contributed by atoms with E-state index in [1.807, 2.05) is 38.1 Å². The van der Waals surface area contributed by atoms with Crippen molar-refractivity contribution in [1.82, 2.24) is 9.80 Å². The molecule has 2 aliphatic carbocycles. The highest BCUT2D eigenvalue weighted by Gasteiger charge is 2.75. The summed E-state index contributed by atoms with van der Waals surface area (Å²) < 4.78 is 59.7.